The number of rotatable bonds is 9. The predicted octanol–water partition coefficient (Wildman–Crippen LogP) is 6.66. The van der Waals surface area contributed by atoms with Crippen molar-refractivity contribution in [2.75, 3.05) is 6.61 Å². The summed E-state index contributed by atoms with van der Waals surface area (Å²) in [5.74, 6) is 0.915. The highest BCUT2D eigenvalue weighted by molar-refractivity contribution is 7.15. The van der Waals surface area contributed by atoms with Gasteiger partial charge in [0.15, 0.2) is 0 Å². The fraction of sp³-hybridized carbons (Fsp3) is 0.333. The second-order valence-corrected chi connectivity index (χ2v) is 6.68. The van der Waals surface area contributed by atoms with Gasteiger partial charge < -0.3 is 4.74 Å². The Bertz CT molecular complexity index is 620. The minimum atomic E-state index is 0.601. The summed E-state index contributed by atoms with van der Waals surface area (Å²) in [4.78, 5) is 2.83. The van der Waals surface area contributed by atoms with Crippen LogP contribution < -0.4 is 4.74 Å². The van der Waals surface area contributed by atoms with E-state index >= 15 is 0 Å². The Kier molecular flexibility index (Phi) is 7.68. The normalized spacial score (nSPS) is 11.6. The topological polar surface area (TPSA) is 9.23 Å². The van der Waals surface area contributed by atoms with Crippen molar-refractivity contribution in [2.24, 2.45) is 0 Å². The molecule has 0 saturated heterocycles. The summed E-state index contributed by atoms with van der Waals surface area (Å²) in [5, 5.41) is 0. The van der Waals surface area contributed by atoms with Gasteiger partial charge in [-0.2, -0.15) is 0 Å². The van der Waals surface area contributed by atoms with E-state index in [9.17, 15) is 0 Å². The summed E-state index contributed by atoms with van der Waals surface area (Å²) in [6.45, 7) is 4.85. The number of ether oxygens (including phenoxy) is 1. The molecule has 0 amide bonds. The first kappa shape index (κ1) is 17.6. The zero-order valence-electron chi connectivity index (χ0n) is 14.1. The zero-order valence-corrected chi connectivity index (χ0v) is 14.9. The first-order chi connectivity index (χ1) is 11.3. The highest BCUT2D eigenvalue weighted by Gasteiger charge is 2.03. The van der Waals surface area contributed by atoms with Gasteiger partial charge in [-0.05, 0) is 67.8 Å². The number of hydrogen-bond acceptors (Lipinski definition) is 2. The fourth-order valence-corrected chi connectivity index (χ4v) is 3.38. The minimum Gasteiger partial charge on any atom is -0.490 e. The Hall–Kier alpha value is -1.80. The molecule has 23 heavy (non-hydrogen) atoms. The van der Waals surface area contributed by atoms with Crippen LogP contribution in [0.5, 0.6) is 5.75 Å². The number of unbranched alkanes of at least 4 members (excludes halogenated alkanes) is 2. The Morgan fingerprint density at radius 1 is 1.00 bits per heavy atom. The molecule has 1 nitrogen and oxygen atoms in total. The Balaban J connectivity index is 1.89. The largest absolute Gasteiger partial charge is 0.490 e. The number of benzene rings is 1. The predicted molar refractivity (Wildman–Crippen MR) is 102 cm³/mol. The summed E-state index contributed by atoms with van der Waals surface area (Å²) in [5.41, 5.74) is 1.27. The third-order valence-electron chi connectivity index (χ3n) is 3.61. The first-order valence-electron chi connectivity index (χ1n) is 8.43. The van der Waals surface area contributed by atoms with Crippen molar-refractivity contribution in [1.29, 1.82) is 0 Å². The van der Waals surface area contributed by atoms with Crippen molar-refractivity contribution >= 4 is 11.3 Å². The van der Waals surface area contributed by atoms with Crippen LogP contribution in [0.25, 0.3) is 10.4 Å². The lowest BCUT2D eigenvalue weighted by atomic mass is 10.1. The van der Waals surface area contributed by atoms with E-state index in [4.69, 9.17) is 4.74 Å². The standard InChI is InChI=1S/C21H26OS/c1-3-5-7-9-17-22-19-13-11-18(12-14-19)21-16-15-20(23-21)10-8-6-4-2/h3,5,7,9,11-16H,4,6,8,10,17H2,1-2H3/b5-3+,9-7+. The van der Waals surface area contributed by atoms with Crippen LogP contribution in [0.1, 0.15) is 38.0 Å². The molecule has 1 aromatic heterocycles. The molecule has 0 bridgehead atoms. The van der Waals surface area contributed by atoms with Gasteiger partial charge in [0.25, 0.3) is 0 Å². The molecule has 0 spiro atoms. The SMILES string of the molecule is C/C=C/C=C/COc1ccc(-c2ccc(CCCCC)s2)cc1. The summed E-state index contributed by atoms with van der Waals surface area (Å²) in [6.07, 6.45) is 13.1. The zero-order chi connectivity index (χ0) is 16.3. The lowest BCUT2D eigenvalue weighted by molar-refractivity contribution is 0.363. The number of thiophene rings is 1. The maximum atomic E-state index is 5.70. The van der Waals surface area contributed by atoms with E-state index < -0.39 is 0 Å². The van der Waals surface area contributed by atoms with Gasteiger partial charge >= 0.3 is 0 Å². The summed E-state index contributed by atoms with van der Waals surface area (Å²) in [7, 11) is 0. The van der Waals surface area contributed by atoms with Gasteiger partial charge in [0.2, 0.25) is 0 Å². The smallest absolute Gasteiger partial charge is 0.119 e. The summed E-state index contributed by atoms with van der Waals surface area (Å²) < 4.78 is 5.70. The van der Waals surface area contributed by atoms with Crippen molar-refractivity contribution in [3.05, 3.63) is 65.6 Å². The molecule has 1 heterocycles. The quantitative estimate of drug-likeness (QED) is 0.370. The van der Waals surface area contributed by atoms with Crippen LogP contribution in [-0.2, 0) is 6.42 Å². The van der Waals surface area contributed by atoms with Gasteiger partial charge in [-0.1, -0.05) is 38.0 Å². The van der Waals surface area contributed by atoms with Crippen molar-refractivity contribution in [3.8, 4) is 16.2 Å². The molecule has 0 radical (unpaired) electrons. The maximum absolute atomic E-state index is 5.70. The average Bonchev–Trinajstić information content (AvgIpc) is 3.04. The molecule has 0 fully saturated rings. The molecular formula is C21H26OS. The second kappa shape index (κ2) is 10.1. The van der Waals surface area contributed by atoms with Crippen molar-refractivity contribution in [1.82, 2.24) is 0 Å². The Morgan fingerprint density at radius 2 is 1.83 bits per heavy atom. The van der Waals surface area contributed by atoms with Gasteiger partial charge in [-0.25, -0.2) is 0 Å². The van der Waals surface area contributed by atoms with E-state index in [1.54, 1.807) is 0 Å². The molecule has 122 valence electrons. The summed E-state index contributed by atoms with van der Waals surface area (Å²) in [6, 6.07) is 12.9. The Morgan fingerprint density at radius 3 is 2.57 bits per heavy atom. The molecule has 0 aliphatic rings. The van der Waals surface area contributed by atoms with Crippen molar-refractivity contribution in [2.45, 2.75) is 39.5 Å². The number of aryl methyl sites for hydroxylation is 1. The highest BCUT2D eigenvalue weighted by Crippen LogP contribution is 2.30. The monoisotopic (exact) mass is 326 g/mol. The van der Waals surface area contributed by atoms with Crippen LogP contribution in [0.4, 0.5) is 0 Å². The van der Waals surface area contributed by atoms with E-state index in [1.807, 2.05) is 42.6 Å². The highest BCUT2D eigenvalue weighted by atomic mass is 32.1. The molecule has 2 aromatic rings. The third kappa shape index (κ3) is 6.07. The van der Waals surface area contributed by atoms with E-state index in [0.29, 0.717) is 6.61 Å². The molecule has 2 heteroatoms. The Labute approximate surface area is 144 Å². The van der Waals surface area contributed by atoms with Gasteiger partial charge in [-0.15, -0.1) is 11.3 Å². The van der Waals surface area contributed by atoms with Gasteiger partial charge in [0.1, 0.15) is 12.4 Å². The molecular weight excluding hydrogens is 300 g/mol. The maximum Gasteiger partial charge on any atom is 0.119 e. The lowest BCUT2D eigenvalue weighted by Crippen LogP contribution is -1.92. The molecule has 0 N–H and O–H groups in total. The van der Waals surface area contributed by atoms with E-state index in [1.165, 1.54) is 41.0 Å². The van der Waals surface area contributed by atoms with Crippen molar-refractivity contribution in [3.63, 3.8) is 0 Å². The molecule has 0 unspecified atom stereocenters. The minimum absolute atomic E-state index is 0.601. The van der Waals surface area contributed by atoms with Gasteiger partial charge in [-0.3, -0.25) is 0 Å². The summed E-state index contributed by atoms with van der Waals surface area (Å²) >= 11 is 1.91. The molecule has 0 aliphatic heterocycles. The van der Waals surface area contributed by atoms with Crippen LogP contribution in [0.2, 0.25) is 0 Å². The number of allylic oxidation sites excluding steroid dienone is 3. The second-order valence-electron chi connectivity index (χ2n) is 5.51. The molecule has 0 atom stereocenters. The van der Waals surface area contributed by atoms with E-state index in [-0.39, 0.29) is 0 Å². The molecule has 0 saturated carbocycles. The van der Waals surface area contributed by atoms with Crippen LogP contribution in [0.3, 0.4) is 0 Å². The van der Waals surface area contributed by atoms with E-state index in [2.05, 4.69) is 43.3 Å². The van der Waals surface area contributed by atoms with Crippen LogP contribution >= 0.6 is 11.3 Å². The number of hydrogen-bond donors (Lipinski definition) is 0. The van der Waals surface area contributed by atoms with Crippen LogP contribution in [0.15, 0.2) is 60.7 Å². The van der Waals surface area contributed by atoms with Gasteiger partial charge in [0.05, 0.1) is 0 Å². The van der Waals surface area contributed by atoms with Crippen LogP contribution in [-0.4, -0.2) is 6.61 Å². The lowest BCUT2D eigenvalue weighted by Gasteiger charge is -2.04. The van der Waals surface area contributed by atoms with Gasteiger partial charge in [0, 0.05) is 9.75 Å². The first-order valence-corrected chi connectivity index (χ1v) is 9.25. The van der Waals surface area contributed by atoms with E-state index in [0.717, 1.165) is 5.75 Å². The van der Waals surface area contributed by atoms with Crippen LogP contribution in [0, 0.1) is 0 Å². The van der Waals surface area contributed by atoms with Crippen molar-refractivity contribution < 1.29 is 4.74 Å². The third-order valence-corrected chi connectivity index (χ3v) is 4.81. The fourth-order valence-electron chi connectivity index (χ4n) is 2.32. The average molecular weight is 327 g/mol. The molecule has 1 aromatic carbocycles. The molecule has 2 rings (SSSR count). The molecule has 0 aliphatic carbocycles.